The van der Waals surface area contributed by atoms with Gasteiger partial charge in [-0.2, -0.15) is 0 Å². The first-order valence-electron chi connectivity index (χ1n) is 11.4. The van der Waals surface area contributed by atoms with Crippen LogP contribution in [0.2, 0.25) is 0 Å². The predicted octanol–water partition coefficient (Wildman–Crippen LogP) is 6.02. The van der Waals surface area contributed by atoms with Crippen LogP contribution in [0.25, 0.3) is 0 Å². The first-order valence-corrected chi connectivity index (χ1v) is 13.3. The highest BCUT2D eigenvalue weighted by Crippen LogP contribution is 2.55. The van der Waals surface area contributed by atoms with Crippen molar-refractivity contribution < 1.29 is 9.53 Å². The average molecular weight is 454 g/mol. The number of hydrogen-bond acceptors (Lipinski definition) is 2. The van der Waals surface area contributed by atoms with Crippen molar-refractivity contribution in [3.05, 3.63) is 120 Å². The zero-order chi connectivity index (χ0) is 23.3. The van der Waals surface area contributed by atoms with E-state index in [4.69, 9.17) is 4.74 Å². The van der Waals surface area contributed by atoms with Crippen molar-refractivity contribution in [2.75, 3.05) is 6.16 Å². The van der Waals surface area contributed by atoms with Crippen LogP contribution in [0.15, 0.2) is 109 Å². The van der Waals surface area contributed by atoms with Crippen LogP contribution in [0.3, 0.4) is 0 Å². The number of benzene rings is 4. The number of carbonyl (C=O) groups excluding carboxylic acids is 1. The van der Waals surface area contributed by atoms with Gasteiger partial charge in [-0.3, -0.25) is 0 Å². The number of aryl methyl sites for hydroxylation is 1. The first kappa shape index (κ1) is 23.0. The number of ether oxygens (including phenoxy) is 1. The van der Waals surface area contributed by atoms with Crippen LogP contribution in [0.1, 0.15) is 30.9 Å². The second-order valence-corrected chi connectivity index (χ2v) is 12.1. The Morgan fingerprint density at radius 3 is 1.61 bits per heavy atom. The maximum atomic E-state index is 13.6. The van der Waals surface area contributed by atoms with Crippen molar-refractivity contribution in [2.45, 2.75) is 26.7 Å². The molecule has 4 aromatic rings. The quantitative estimate of drug-likeness (QED) is 0.194. The van der Waals surface area contributed by atoms with E-state index in [-0.39, 0.29) is 11.9 Å². The van der Waals surface area contributed by atoms with Crippen LogP contribution >= 0.6 is 7.26 Å². The molecule has 166 valence electrons. The predicted molar refractivity (Wildman–Crippen MR) is 141 cm³/mol. The molecule has 0 unspecified atom stereocenters. The van der Waals surface area contributed by atoms with Gasteiger partial charge in [-0.15, -0.1) is 0 Å². The maximum absolute atomic E-state index is 13.6. The highest BCUT2D eigenvalue weighted by Gasteiger charge is 2.48. The van der Waals surface area contributed by atoms with Crippen LogP contribution in [0, 0.1) is 6.92 Å². The number of hydrogen-bond donors (Lipinski definition) is 0. The number of esters is 1. The lowest BCUT2D eigenvalue weighted by atomic mass is 10.0. The van der Waals surface area contributed by atoms with E-state index in [1.54, 1.807) is 0 Å². The van der Waals surface area contributed by atoms with Gasteiger partial charge in [0, 0.05) is 0 Å². The second kappa shape index (κ2) is 10.1. The van der Waals surface area contributed by atoms with Crippen LogP contribution in [0.5, 0.6) is 5.75 Å². The minimum Gasteiger partial charge on any atom is -0.424 e. The third-order valence-electron chi connectivity index (χ3n) is 5.97. The Kier molecular flexibility index (Phi) is 7.06. The van der Waals surface area contributed by atoms with Gasteiger partial charge in [-0.25, -0.2) is 4.79 Å². The molecular weight excluding hydrogens is 423 g/mol. The summed E-state index contributed by atoms with van der Waals surface area (Å²) in [5.41, 5.74) is 2.13. The summed E-state index contributed by atoms with van der Waals surface area (Å²) in [6.45, 7) is 6.27. The Morgan fingerprint density at radius 1 is 0.727 bits per heavy atom. The molecule has 0 saturated heterocycles. The summed E-state index contributed by atoms with van der Waals surface area (Å²) in [6.07, 6.45) is 0.302. The maximum Gasteiger partial charge on any atom is 0.350 e. The van der Waals surface area contributed by atoms with Crippen LogP contribution in [0.4, 0.5) is 0 Å². The Balaban J connectivity index is 1.83. The smallest absolute Gasteiger partial charge is 0.350 e. The van der Waals surface area contributed by atoms with E-state index in [0.29, 0.717) is 11.9 Å². The van der Waals surface area contributed by atoms with E-state index in [1.807, 2.05) is 31.2 Å². The van der Waals surface area contributed by atoms with Gasteiger partial charge in [0.05, 0.1) is 0 Å². The zero-order valence-electron chi connectivity index (χ0n) is 19.4. The number of rotatable bonds is 7. The van der Waals surface area contributed by atoms with E-state index in [9.17, 15) is 4.79 Å². The fourth-order valence-electron chi connectivity index (χ4n) is 4.32. The fourth-order valence-corrected chi connectivity index (χ4v) is 8.26. The molecule has 3 heteroatoms. The van der Waals surface area contributed by atoms with Gasteiger partial charge in [-0.05, 0) is 66.4 Å². The summed E-state index contributed by atoms with van der Waals surface area (Å²) < 4.78 is 6.10. The van der Waals surface area contributed by atoms with Gasteiger partial charge in [0.15, 0.2) is 6.16 Å². The molecule has 0 spiro atoms. The minimum atomic E-state index is -2.27. The van der Waals surface area contributed by atoms with Crippen molar-refractivity contribution >= 4 is 29.1 Å². The van der Waals surface area contributed by atoms with E-state index < -0.39 is 7.26 Å². The number of carbonyl (C=O) groups is 1. The van der Waals surface area contributed by atoms with Gasteiger partial charge in [0.1, 0.15) is 28.9 Å². The molecule has 4 aromatic carbocycles. The molecule has 4 rings (SSSR count). The van der Waals surface area contributed by atoms with Gasteiger partial charge >= 0.3 is 5.97 Å². The van der Waals surface area contributed by atoms with Crippen LogP contribution in [-0.4, -0.2) is 12.1 Å². The molecule has 0 fully saturated rings. The summed E-state index contributed by atoms with van der Waals surface area (Å²) in [7, 11) is -2.27. The molecule has 0 atom stereocenters. The molecule has 0 aromatic heterocycles. The molecule has 0 radical (unpaired) electrons. The van der Waals surface area contributed by atoms with Crippen LogP contribution in [-0.2, 0) is 4.79 Å². The third kappa shape index (κ3) is 4.92. The van der Waals surface area contributed by atoms with Crippen LogP contribution < -0.4 is 20.7 Å². The van der Waals surface area contributed by atoms with E-state index in [1.165, 1.54) is 15.9 Å². The SMILES string of the molecule is Cc1ccc(C(C)C)c(OC(=O)C[P+](c2ccccc2)(c2ccccc2)c2ccccc2)c1. The Bertz CT molecular complexity index is 1110. The van der Waals surface area contributed by atoms with Gasteiger partial charge in [0.25, 0.3) is 0 Å². The van der Waals surface area contributed by atoms with Gasteiger partial charge in [0.2, 0.25) is 0 Å². The molecule has 0 aliphatic carbocycles. The van der Waals surface area contributed by atoms with Gasteiger partial charge < -0.3 is 4.74 Å². The Hall–Kier alpha value is -3.22. The van der Waals surface area contributed by atoms with Crippen molar-refractivity contribution in [1.29, 1.82) is 0 Å². The fraction of sp³-hybridized carbons (Fsp3) is 0.167. The highest BCUT2D eigenvalue weighted by molar-refractivity contribution is 7.96. The molecule has 0 heterocycles. The van der Waals surface area contributed by atoms with Crippen molar-refractivity contribution in [2.24, 2.45) is 0 Å². The molecule has 0 saturated carbocycles. The normalized spacial score (nSPS) is 11.4. The standard InChI is InChI=1S/C30H30O2P/c1-23(2)28-20-19-24(3)21-29(28)32-30(31)22-33(25-13-7-4-8-14-25,26-15-9-5-10-16-26)27-17-11-6-12-18-27/h4-21,23H,22H2,1-3H3/q+1. The van der Waals surface area contributed by atoms with Crippen molar-refractivity contribution in [3.8, 4) is 5.75 Å². The lowest BCUT2D eigenvalue weighted by Crippen LogP contribution is -2.37. The second-order valence-electron chi connectivity index (χ2n) is 8.64. The molecule has 33 heavy (non-hydrogen) atoms. The lowest BCUT2D eigenvalue weighted by molar-refractivity contribution is -0.131. The summed E-state index contributed by atoms with van der Waals surface area (Å²) in [5.74, 6) is 0.736. The minimum absolute atomic E-state index is 0.201. The largest absolute Gasteiger partial charge is 0.424 e. The molecule has 0 N–H and O–H groups in total. The molecule has 0 amide bonds. The van der Waals surface area contributed by atoms with Gasteiger partial charge in [-0.1, -0.05) is 80.6 Å². The molecule has 0 aliphatic rings. The summed E-state index contributed by atoms with van der Waals surface area (Å²) >= 11 is 0. The molecular formula is C30H30O2P+. The molecule has 0 aliphatic heterocycles. The highest BCUT2D eigenvalue weighted by atomic mass is 31.2. The monoisotopic (exact) mass is 453 g/mol. The van der Waals surface area contributed by atoms with E-state index in [0.717, 1.165) is 11.1 Å². The van der Waals surface area contributed by atoms with E-state index in [2.05, 4.69) is 98.8 Å². The molecule has 0 bridgehead atoms. The first-order chi connectivity index (χ1) is 16.0. The lowest BCUT2D eigenvalue weighted by Gasteiger charge is -2.27. The summed E-state index contributed by atoms with van der Waals surface area (Å²) in [4.78, 5) is 13.6. The summed E-state index contributed by atoms with van der Waals surface area (Å²) in [6, 6.07) is 37.4. The van der Waals surface area contributed by atoms with Crippen molar-refractivity contribution in [1.82, 2.24) is 0 Å². The molecule has 2 nitrogen and oxygen atoms in total. The third-order valence-corrected chi connectivity index (χ3v) is 10.2. The zero-order valence-corrected chi connectivity index (χ0v) is 20.3. The Labute approximate surface area is 197 Å². The summed E-state index contributed by atoms with van der Waals surface area (Å²) in [5, 5.41) is 3.52. The van der Waals surface area contributed by atoms with Crippen molar-refractivity contribution in [3.63, 3.8) is 0 Å². The Morgan fingerprint density at radius 2 is 1.18 bits per heavy atom. The topological polar surface area (TPSA) is 26.3 Å². The van der Waals surface area contributed by atoms with E-state index >= 15 is 0 Å². The average Bonchev–Trinajstić information content (AvgIpc) is 2.84.